The standard InChI is InChI=1S/C109H69BN14/c1-9-32-70(33-10-1)90-69-91(79-48-29-46-77(64-79)78-47-30-51-84(65-78)123-96-55-28-26-53-89(96)110-88-52-25-27-54-95(88)122(83-49-23-8-24-50-83)97-56-31-57-98(123)99(97)110)112-109(111-90)87-68-82(108-120-104(75-42-19-6-20-43-75)115-105(121-108)76-44-21-7-22-45-76)60-63-94(87)124-92-61-58-80(106-116-100(71-34-11-2-12-35-71)113-101(117-106)72-36-13-3-14-37-72)66-85(92)86-67-81(59-62-93(86)124)107-118-102(73-38-15-4-16-39-73)114-103(119-107)74-40-17-5-18-41-74/h1-69H. The largest absolute Gasteiger partial charge is 0.311 e. The molecule has 2 aliphatic heterocycles. The van der Waals surface area contributed by atoms with Gasteiger partial charge < -0.3 is 14.4 Å². The molecule has 0 spiro atoms. The number of benzene rings is 16. The van der Waals surface area contributed by atoms with Crippen LogP contribution in [0.1, 0.15) is 0 Å². The first-order valence-electron chi connectivity index (χ1n) is 41.4. The summed E-state index contributed by atoms with van der Waals surface area (Å²) in [6.07, 6.45) is 0. The van der Waals surface area contributed by atoms with Crippen LogP contribution in [0.3, 0.4) is 0 Å². The minimum absolute atomic E-state index is 0.00910. The van der Waals surface area contributed by atoms with Gasteiger partial charge in [0.15, 0.2) is 58.2 Å². The van der Waals surface area contributed by atoms with E-state index in [4.69, 9.17) is 54.8 Å². The molecule has 0 fully saturated rings. The summed E-state index contributed by atoms with van der Waals surface area (Å²) in [6.45, 7) is 0.00910. The van der Waals surface area contributed by atoms with Crippen LogP contribution in [-0.4, -0.2) is 66.1 Å². The fourth-order valence-electron chi connectivity index (χ4n) is 17.5. The van der Waals surface area contributed by atoms with Crippen molar-refractivity contribution in [2.75, 3.05) is 9.80 Å². The van der Waals surface area contributed by atoms with Gasteiger partial charge in [0.25, 0.3) is 6.71 Å². The van der Waals surface area contributed by atoms with Crippen LogP contribution in [0.25, 0.3) is 175 Å². The molecule has 0 saturated heterocycles. The maximum absolute atomic E-state index is 5.85. The van der Waals surface area contributed by atoms with Crippen LogP contribution in [0.2, 0.25) is 0 Å². The molecule has 0 saturated carbocycles. The molecule has 7 heterocycles. The van der Waals surface area contributed by atoms with Crippen LogP contribution in [0, 0.1) is 0 Å². The molecular formula is C109H69BN14. The molecule has 0 unspecified atom stereocenters. The lowest BCUT2D eigenvalue weighted by Gasteiger charge is -2.44. The molecule has 5 aromatic heterocycles. The van der Waals surface area contributed by atoms with Crippen molar-refractivity contribution in [1.29, 1.82) is 0 Å². The van der Waals surface area contributed by atoms with E-state index >= 15 is 0 Å². The second-order valence-corrected chi connectivity index (χ2v) is 30.9. The third-order valence-corrected chi connectivity index (χ3v) is 23.3. The summed E-state index contributed by atoms with van der Waals surface area (Å²) in [7, 11) is 0. The minimum atomic E-state index is 0.00910. The molecule has 578 valence electrons. The van der Waals surface area contributed by atoms with Crippen molar-refractivity contribution >= 4 is 79.0 Å². The van der Waals surface area contributed by atoms with Crippen LogP contribution >= 0.6 is 0 Å². The third kappa shape index (κ3) is 13.2. The molecule has 0 bridgehead atoms. The fraction of sp³-hybridized carbons (Fsp3) is 0. The molecule has 14 nitrogen and oxygen atoms in total. The first kappa shape index (κ1) is 72.3. The Morgan fingerprint density at radius 1 is 0.177 bits per heavy atom. The van der Waals surface area contributed by atoms with E-state index in [1.54, 1.807) is 0 Å². The molecule has 15 heteroatoms. The summed E-state index contributed by atoms with van der Waals surface area (Å²) in [4.78, 5) is 63.8. The number of rotatable bonds is 16. The van der Waals surface area contributed by atoms with E-state index in [1.165, 1.54) is 22.1 Å². The highest BCUT2D eigenvalue weighted by Gasteiger charge is 2.43. The van der Waals surface area contributed by atoms with Crippen LogP contribution in [0.5, 0.6) is 0 Å². The van der Waals surface area contributed by atoms with Crippen molar-refractivity contribution in [3.63, 3.8) is 0 Å². The summed E-state index contributed by atoms with van der Waals surface area (Å²) in [5.74, 6) is 5.22. The van der Waals surface area contributed by atoms with Gasteiger partial charge in [-0.25, -0.2) is 54.8 Å². The van der Waals surface area contributed by atoms with Crippen molar-refractivity contribution in [1.82, 2.24) is 59.4 Å². The number of hydrogen-bond donors (Lipinski definition) is 0. The van der Waals surface area contributed by atoms with Crippen molar-refractivity contribution in [3.8, 4) is 153 Å². The first-order chi connectivity index (χ1) is 61.4. The monoisotopic (exact) mass is 1580 g/mol. The zero-order valence-corrected chi connectivity index (χ0v) is 66.7. The summed E-state index contributed by atoms with van der Waals surface area (Å²) < 4.78 is 2.32. The predicted octanol–water partition coefficient (Wildman–Crippen LogP) is 23.9. The molecule has 0 amide bonds. The average molecular weight is 1590 g/mol. The van der Waals surface area contributed by atoms with Crippen molar-refractivity contribution in [3.05, 3.63) is 419 Å². The number of anilines is 6. The lowest BCUT2D eigenvalue weighted by Crippen LogP contribution is -2.61. The Balaban J connectivity index is 0.730. The Morgan fingerprint density at radius 2 is 0.484 bits per heavy atom. The molecule has 0 radical (unpaired) electrons. The first-order valence-corrected chi connectivity index (χ1v) is 41.4. The highest BCUT2D eigenvalue weighted by atomic mass is 15.2. The van der Waals surface area contributed by atoms with E-state index in [-0.39, 0.29) is 6.71 Å². The number of aromatic nitrogens is 12. The Labute approximate surface area is 715 Å². The average Bonchev–Trinajstić information content (AvgIpc) is 1.17. The molecule has 0 N–H and O–H groups in total. The molecule has 2 aliphatic rings. The predicted molar refractivity (Wildman–Crippen MR) is 501 cm³/mol. The van der Waals surface area contributed by atoms with E-state index in [0.29, 0.717) is 69.5 Å². The maximum atomic E-state index is 5.85. The SMILES string of the molecule is c1ccc(-c2cc(-c3cccc(-c4cccc(N5c6ccccc6B6c7ccccc7N(c7ccccc7)c7cccc5c76)c4)c3)nc(-c3cc(-c4nc(-c5ccccc5)nc(-c5ccccc5)n4)ccc3-n3c4ccc(-c5nc(-c6ccccc6)nc(-c6ccccc6)n5)cc4c4cc(-c5nc(-c6ccccc6)nc(-c6ccccc6)n5)ccc43)n2)cc1. The third-order valence-electron chi connectivity index (χ3n) is 23.3. The zero-order chi connectivity index (χ0) is 82.0. The molecule has 23 rings (SSSR count). The fourth-order valence-corrected chi connectivity index (χ4v) is 17.5. The highest BCUT2D eigenvalue weighted by Crippen LogP contribution is 2.47. The summed E-state index contributed by atoms with van der Waals surface area (Å²) in [5, 5.41) is 1.81. The van der Waals surface area contributed by atoms with E-state index in [2.05, 4.69) is 245 Å². The van der Waals surface area contributed by atoms with Gasteiger partial charge >= 0.3 is 0 Å². The van der Waals surface area contributed by atoms with Crippen molar-refractivity contribution in [2.24, 2.45) is 0 Å². The number of fused-ring (bicyclic) bond motifs is 7. The van der Waals surface area contributed by atoms with Crippen LogP contribution in [0.15, 0.2) is 419 Å². The topological polar surface area (TPSA) is 153 Å². The molecule has 21 aromatic rings. The van der Waals surface area contributed by atoms with E-state index in [9.17, 15) is 0 Å². The van der Waals surface area contributed by atoms with E-state index in [0.717, 1.165) is 134 Å². The summed E-state index contributed by atoms with van der Waals surface area (Å²) in [5.41, 5.74) is 26.5. The molecular weight excluding hydrogens is 1520 g/mol. The van der Waals surface area contributed by atoms with Crippen LogP contribution < -0.4 is 26.2 Å². The Hall–Kier alpha value is -16.9. The van der Waals surface area contributed by atoms with E-state index < -0.39 is 0 Å². The van der Waals surface area contributed by atoms with Gasteiger partial charge in [-0.3, -0.25) is 0 Å². The number of para-hydroxylation sites is 3. The quantitative estimate of drug-likeness (QED) is 0.0844. The van der Waals surface area contributed by atoms with Gasteiger partial charge in [0, 0.05) is 112 Å². The Kier molecular flexibility index (Phi) is 18.0. The van der Waals surface area contributed by atoms with Crippen LogP contribution in [0.4, 0.5) is 34.1 Å². The van der Waals surface area contributed by atoms with Gasteiger partial charge in [-0.15, -0.1) is 0 Å². The Bertz CT molecular complexity index is 7320. The highest BCUT2D eigenvalue weighted by molar-refractivity contribution is 7.00. The Morgan fingerprint density at radius 3 is 0.919 bits per heavy atom. The maximum Gasteiger partial charge on any atom is 0.252 e. The van der Waals surface area contributed by atoms with Gasteiger partial charge in [-0.1, -0.05) is 303 Å². The van der Waals surface area contributed by atoms with Gasteiger partial charge in [0.2, 0.25) is 0 Å². The number of nitrogens with zero attached hydrogens (tertiary/aromatic N) is 14. The van der Waals surface area contributed by atoms with Gasteiger partial charge in [0.05, 0.1) is 28.1 Å². The minimum Gasteiger partial charge on any atom is -0.311 e. The summed E-state index contributed by atoms with van der Waals surface area (Å²) >= 11 is 0. The zero-order valence-electron chi connectivity index (χ0n) is 66.7. The molecule has 124 heavy (non-hydrogen) atoms. The molecule has 0 aliphatic carbocycles. The lowest BCUT2D eigenvalue weighted by molar-refractivity contribution is 1.07. The molecule has 16 aromatic carbocycles. The van der Waals surface area contributed by atoms with Gasteiger partial charge in [-0.2, -0.15) is 0 Å². The second-order valence-electron chi connectivity index (χ2n) is 30.9. The van der Waals surface area contributed by atoms with Crippen molar-refractivity contribution in [2.45, 2.75) is 0 Å². The lowest BCUT2D eigenvalue weighted by atomic mass is 9.33. The van der Waals surface area contributed by atoms with Crippen LogP contribution in [-0.2, 0) is 0 Å². The second kappa shape index (κ2) is 30.8. The summed E-state index contributed by atoms with van der Waals surface area (Å²) in [6, 6.07) is 145. The van der Waals surface area contributed by atoms with E-state index in [1.807, 2.05) is 188 Å². The normalized spacial score (nSPS) is 12.0. The smallest absolute Gasteiger partial charge is 0.252 e. The molecule has 0 atom stereocenters. The van der Waals surface area contributed by atoms with Crippen molar-refractivity contribution < 1.29 is 0 Å². The van der Waals surface area contributed by atoms with Gasteiger partial charge in [0.1, 0.15) is 0 Å². The van der Waals surface area contributed by atoms with Gasteiger partial charge in [-0.05, 0) is 143 Å². The number of hydrogen-bond acceptors (Lipinski definition) is 13.